The van der Waals surface area contributed by atoms with Crippen molar-refractivity contribution in [1.82, 2.24) is 15.1 Å². The molecule has 0 bridgehead atoms. The third kappa shape index (κ3) is 2.92. The van der Waals surface area contributed by atoms with E-state index >= 15 is 0 Å². The summed E-state index contributed by atoms with van der Waals surface area (Å²) in [5.74, 6) is -0.224. The summed E-state index contributed by atoms with van der Waals surface area (Å²) in [4.78, 5) is 4.45. The number of nitrogens with zero attached hydrogens (tertiary/aromatic N) is 2. The molecule has 1 atom stereocenters. The van der Waals surface area contributed by atoms with Gasteiger partial charge in [-0.25, -0.2) is 4.39 Å². The van der Waals surface area contributed by atoms with Gasteiger partial charge in [-0.2, -0.15) is 0 Å². The van der Waals surface area contributed by atoms with Gasteiger partial charge in [0.15, 0.2) is 0 Å². The number of likely N-dealkylation sites (N-methyl/N-ethyl adjacent to an activating group) is 1. The molecule has 124 valence electrons. The van der Waals surface area contributed by atoms with Crippen molar-refractivity contribution in [2.75, 3.05) is 33.2 Å². The normalized spacial score (nSPS) is 22.8. The lowest BCUT2D eigenvalue weighted by atomic mass is 10.1. The van der Waals surface area contributed by atoms with Crippen LogP contribution in [0.5, 0.6) is 5.75 Å². The standard InChI is InChI=1S/C16H22FN5O/c1-21-5-6-22-10(9-21)8-20-16(19)13(22)7-12(18)15-11(17)3-2-4-14(15)23/h2-4,7,10,20,23H,5-6,8-9,18-19H2,1H3/b12-7-. The van der Waals surface area contributed by atoms with Crippen molar-refractivity contribution in [3.63, 3.8) is 0 Å². The van der Waals surface area contributed by atoms with Crippen molar-refractivity contribution in [2.24, 2.45) is 11.5 Å². The summed E-state index contributed by atoms with van der Waals surface area (Å²) in [6.07, 6.45) is 1.64. The van der Waals surface area contributed by atoms with Gasteiger partial charge in [0.25, 0.3) is 0 Å². The summed E-state index contributed by atoms with van der Waals surface area (Å²) in [5.41, 5.74) is 13.0. The molecule has 6 nitrogen and oxygen atoms in total. The van der Waals surface area contributed by atoms with Crippen molar-refractivity contribution in [3.05, 3.63) is 47.2 Å². The maximum atomic E-state index is 14.0. The van der Waals surface area contributed by atoms with Gasteiger partial charge in [0.2, 0.25) is 0 Å². The van der Waals surface area contributed by atoms with Crippen LogP contribution >= 0.6 is 0 Å². The van der Waals surface area contributed by atoms with Gasteiger partial charge in [0.1, 0.15) is 17.4 Å². The molecule has 2 heterocycles. The van der Waals surface area contributed by atoms with Crippen molar-refractivity contribution in [2.45, 2.75) is 6.04 Å². The molecule has 0 spiro atoms. The summed E-state index contributed by atoms with van der Waals surface area (Å²) in [6.45, 7) is 3.43. The van der Waals surface area contributed by atoms with Crippen molar-refractivity contribution >= 4 is 5.70 Å². The number of rotatable bonds is 2. The smallest absolute Gasteiger partial charge is 0.136 e. The second kappa shape index (κ2) is 6.00. The van der Waals surface area contributed by atoms with Crippen LogP contribution in [0.2, 0.25) is 0 Å². The van der Waals surface area contributed by atoms with E-state index in [1.165, 1.54) is 18.2 Å². The van der Waals surface area contributed by atoms with E-state index < -0.39 is 5.82 Å². The highest BCUT2D eigenvalue weighted by atomic mass is 19.1. The van der Waals surface area contributed by atoms with Gasteiger partial charge in [-0.05, 0) is 25.3 Å². The molecule has 1 aromatic rings. The lowest BCUT2D eigenvalue weighted by Crippen LogP contribution is -2.58. The average molecular weight is 319 g/mol. The molecular formula is C16H22FN5O. The van der Waals surface area contributed by atoms with Crippen LogP contribution in [0.3, 0.4) is 0 Å². The highest BCUT2D eigenvalue weighted by Gasteiger charge is 2.31. The fourth-order valence-corrected chi connectivity index (χ4v) is 3.15. The number of phenolic OH excluding ortho intramolecular Hbond substituents is 1. The zero-order valence-electron chi connectivity index (χ0n) is 13.1. The van der Waals surface area contributed by atoms with E-state index in [1.807, 2.05) is 0 Å². The lowest BCUT2D eigenvalue weighted by molar-refractivity contribution is 0.114. The number of phenols is 1. The Bertz CT molecular complexity index is 652. The van der Waals surface area contributed by atoms with Crippen LogP contribution in [0.15, 0.2) is 35.8 Å². The van der Waals surface area contributed by atoms with Crippen molar-refractivity contribution in [1.29, 1.82) is 0 Å². The van der Waals surface area contributed by atoms with Crippen LogP contribution in [0, 0.1) is 5.82 Å². The molecule has 1 fully saturated rings. The first kappa shape index (κ1) is 15.5. The number of piperazine rings is 1. The Morgan fingerprint density at radius 1 is 1.43 bits per heavy atom. The number of halogens is 1. The first-order valence-corrected chi connectivity index (χ1v) is 7.61. The van der Waals surface area contributed by atoms with E-state index in [0.717, 1.165) is 31.9 Å². The summed E-state index contributed by atoms with van der Waals surface area (Å²) >= 11 is 0. The summed E-state index contributed by atoms with van der Waals surface area (Å²) in [5, 5.41) is 13.1. The number of benzene rings is 1. The molecule has 0 aromatic heterocycles. The molecule has 0 saturated carbocycles. The maximum absolute atomic E-state index is 14.0. The Kier molecular flexibility index (Phi) is 4.04. The first-order valence-electron chi connectivity index (χ1n) is 7.61. The first-order chi connectivity index (χ1) is 11.0. The monoisotopic (exact) mass is 319 g/mol. The Labute approximate surface area is 134 Å². The topological polar surface area (TPSA) is 90.8 Å². The average Bonchev–Trinajstić information content (AvgIpc) is 2.50. The molecule has 1 unspecified atom stereocenters. The van der Waals surface area contributed by atoms with Crippen LogP contribution < -0.4 is 16.8 Å². The maximum Gasteiger partial charge on any atom is 0.136 e. The second-order valence-corrected chi connectivity index (χ2v) is 6.02. The molecule has 2 aliphatic rings. The number of nitrogens with one attached hydrogen (secondary N) is 1. The van der Waals surface area contributed by atoms with Gasteiger partial charge >= 0.3 is 0 Å². The second-order valence-electron chi connectivity index (χ2n) is 6.02. The largest absolute Gasteiger partial charge is 0.507 e. The molecule has 23 heavy (non-hydrogen) atoms. The van der Waals surface area contributed by atoms with E-state index in [4.69, 9.17) is 11.5 Å². The van der Waals surface area contributed by atoms with Crippen molar-refractivity contribution in [3.8, 4) is 5.75 Å². The minimum atomic E-state index is -0.559. The van der Waals surface area contributed by atoms with Gasteiger partial charge in [0.05, 0.1) is 17.3 Å². The van der Waals surface area contributed by atoms with Crippen LogP contribution in [0.4, 0.5) is 4.39 Å². The summed E-state index contributed by atoms with van der Waals surface area (Å²) in [7, 11) is 2.08. The third-order valence-corrected chi connectivity index (χ3v) is 4.37. The number of aromatic hydroxyl groups is 1. The lowest BCUT2D eigenvalue weighted by Gasteiger charge is -2.45. The van der Waals surface area contributed by atoms with Crippen LogP contribution in [-0.2, 0) is 0 Å². The highest BCUT2D eigenvalue weighted by molar-refractivity contribution is 5.70. The van der Waals surface area contributed by atoms with Gasteiger partial charge in [0, 0.05) is 31.9 Å². The molecule has 3 rings (SSSR count). The van der Waals surface area contributed by atoms with Crippen molar-refractivity contribution < 1.29 is 9.50 Å². The quantitative estimate of drug-likeness (QED) is 0.622. The predicted molar refractivity (Wildman–Crippen MR) is 87.4 cm³/mol. The molecule has 1 saturated heterocycles. The molecular weight excluding hydrogens is 297 g/mol. The Hall–Kier alpha value is -2.41. The molecule has 6 N–H and O–H groups in total. The number of fused-ring (bicyclic) bond motifs is 1. The molecule has 7 heteroatoms. The number of hydrogen-bond acceptors (Lipinski definition) is 6. The third-order valence-electron chi connectivity index (χ3n) is 4.37. The molecule has 1 aromatic carbocycles. The Balaban J connectivity index is 1.96. The zero-order valence-corrected chi connectivity index (χ0v) is 13.1. The Morgan fingerprint density at radius 3 is 2.96 bits per heavy atom. The van der Waals surface area contributed by atoms with Crippen LogP contribution in [0.25, 0.3) is 5.70 Å². The van der Waals surface area contributed by atoms with E-state index in [0.29, 0.717) is 5.82 Å². The SMILES string of the molecule is CN1CCN2C(/C=C(\N)c3c(O)cccc3F)=C(N)NCC2C1. The molecule has 0 amide bonds. The van der Waals surface area contributed by atoms with E-state index in [9.17, 15) is 9.50 Å². The number of nitrogens with two attached hydrogens (primary N) is 2. The van der Waals surface area contributed by atoms with Crippen LogP contribution in [-0.4, -0.2) is 54.2 Å². The molecule has 0 aliphatic carbocycles. The van der Waals surface area contributed by atoms with Gasteiger partial charge in [-0.3, -0.25) is 0 Å². The zero-order chi connectivity index (χ0) is 16.6. The van der Waals surface area contributed by atoms with Gasteiger partial charge < -0.3 is 31.7 Å². The molecule has 2 aliphatic heterocycles. The van der Waals surface area contributed by atoms with Gasteiger partial charge in [-0.1, -0.05) is 6.07 Å². The van der Waals surface area contributed by atoms with E-state index in [1.54, 1.807) is 6.08 Å². The summed E-state index contributed by atoms with van der Waals surface area (Å²) < 4.78 is 14.0. The number of hydrogen-bond donors (Lipinski definition) is 4. The van der Waals surface area contributed by atoms with E-state index in [-0.39, 0.29) is 23.1 Å². The summed E-state index contributed by atoms with van der Waals surface area (Å²) in [6, 6.07) is 4.41. The fourth-order valence-electron chi connectivity index (χ4n) is 3.15. The van der Waals surface area contributed by atoms with Gasteiger partial charge in [-0.15, -0.1) is 0 Å². The minimum Gasteiger partial charge on any atom is -0.507 e. The van der Waals surface area contributed by atoms with Crippen LogP contribution in [0.1, 0.15) is 5.56 Å². The van der Waals surface area contributed by atoms with E-state index in [2.05, 4.69) is 22.2 Å². The minimum absolute atomic E-state index is 0.00375. The predicted octanol–water partition coefficient (Wildman–Crippen LogP) is 0.178. The Morgan fingerprint density at radius 2 is 2.22 bits per heavy atom. The highest BCUT2D eigenvalue weighted by Crippen LogP contribution is 2.28. The molecule has 0 radical (unpaired) electrons. The number of allylic oxidation sites excluding steroid dienone is 1. The fraction of sp³-hybridized carbons (Fsp3) is 0.375.